The summed E-state index contributed by atoms with van der Waals surface area (Å²) in [7, 11) is 0. The lowest BCUT2D eigenvalue weighted by atomic mass is 10.2. The maximum atomic E-state index is 11.1. The number of carbonyl (C=O) groups is 1. The molecule has 0 radical (unpaired) electrons. The molecule has 4 rings (SSSR count). The molecule has 0 atom stereocenters. The molecule has 2 heterocycles. The van der Waals surface area contributed by atoms with Crippen LogP contribution in [-0.4, -0.2) is 27.4 Å². The summed E-state index contributed by atoms with van der Waals surface area (Å²) in [5.74, 6) is 0.526. The van der Waals surface area contributed by atoms with Crippen molar-refractivity contribution in [3.05, 3.63) is 53.9 Å². The Balaban J connectivity index is 1.72. The van der Waals surface area contributed by atoms with Crippen LogP contribution in [0.2, 0.25) is 0 Å². The van der Waals surface area contributed by atoms with E-state index in [1.807, 2.05) is 22.8 Å². The number of aromatic carboxylic acids is 1. The maximum absolute atomic E-state index is 11.1. The smallest absolute Gasteiger partial charge is 0.335 e. The molecule has 3 aromatic rings. The zero-order chi connectivity index (χ0) is 15.1. The molecular weight excluding hydrogens is 284 g/mol. The third-order valence-electron chi connectivity index (χ3n) is 3.66. The minimum Gasteiger partial charge on any atom is -0.478 e. The lowest BCUT2D eigenvalue weighted by Gasteiger charge is -2.06. The van der Waals surface area contributed by atoms with Gasteiger partial charge in [-0.05, 0) is 35.9 Å². The van der Waals surface area contributed by atoms with Crippen molar-refractivity contribution in [3.8, 4) is 11.5 Å². The van der Waals surface area contributed by atoms with Crippen LogP contribution in [0.1, 0.15) is 15.9 Å². The van der Waals surface area contributed by atoms with Crippen LogP contribution in [0.25, 0.3) is 11.0 Å². The summed E-state index contributed by atoms with van der Waals surface area (Å²) < 4.78 is 12.6. The molecule has 0 saturated heterocycles. The van der Waals surface area contributed by atoms with Gasteiger partial charge < -0.3 is 19.1 Å². The van der Waals surface area contributed by atoms with E-state index in [0.717, 1.165) is 28.1 Å². The lowest BCUT2D eigenvalue weighted by molar-refractivity contribution is 0.0697. The van der Waals surface area contributed by atoms with E-state index in [4.69, 9.17) is 14.6 Å². The molecule has 0 spiro atoms. The predicted molar refractivity (Wildman–Crippen MR) is 78.4 cm³/mol. The van der Waals surface area contributed by atoms with Gasteiger partial charge in [0.15, 0.2) is 11.5 Å². The number of imidazole rings is 1. The van der Waals surface area contributed by atoms with Crippen LogP contribution in [0.5, 0.6) is 11.5 Å². The fourth-order valence-corrected chi connectivity index (χ4v) is 2.55. The quantitative estimate of drug-likeness (QED) is 0.804. The van der Waals surface area contributed by atoms with Crippen molar-refractivity contribution in [1.82, 2.24) is 9.55 Å². The maximum Gasteiger partial charge on any atom is 0.335 e. The van der Waals surface area contributed by atoms with Crippen LogP contribution < -0.4 is 9.47 Å². The van der Waals surface area contributed by atoms with E-state index in [-0.39, 0.29) is 12.4 Å². The molecule has 1 aliphatic heterocycles. The molecule has 1 aromatic heterocycles. The van der Waals surface area contributed by atoms with Crippen molar-refractivity contribution in [2.24, 2.45) is 0 Å². The Morgan fingerprint density at radius 3 is 2.91 bits per heavy atom. The fraction of sp³-hybridized carbons (Fsp3) is 0.125. The molecule has 6 nitrogen and oxygen atoms in total. The first kappa shape index (κ1) is 12.7. The Bertz CT molecular complexity index is 885. The van der Waals surface area contributed by atoms with Crippen LogP contribution in [0.4, 0.5) is 0 Å². The van der Waals surface area contributed by atoms with Gasteiger partial charge in [0.1, 0.15) is 0 Å². The highest BCUT2D eigenvalue weighted by atomic mass is 16.7. The molecule has 110 valence electrons. The van der Waals surface area contributed by atoms with Crippen molar-refractivity contribution >= 4 is 17.0 Å². The van der Waals surface area contributed by atoms with Crippen LogP contribution >= 0.6 is 0 Å². The molecule has 0 unspecified atom stereocenters. The topological polar surface area (TPSA) is 73.6 Å². The highest BCUT2D eigenvalue weighted by Crippen LogP contribution is 2.32. The Morgan fingerprint density at radius 1 is 1.18 bits per heavy atom. The average Bonchev–Trinajstić information content (AvgIpc) is 3.13. The summed E-state index contributed by atoms with van der Waals surface area (Å²) in [5, 5.41) is 9.11. The number of benzene rings is 2. The Kier molecular flexibility index (Phi) is 2.75. The minimum atomic E-state index is -0.947. The fourth-order valence-electron chi connectivity index (χ4n) is 2.55. The van der Waals surface area contributed by atoms with Crippen molar-refractivity contribution < 1.29 is 19.4 Å². The molecule has 0 fully saturated rings. The van der Waals surface area contributed by atoms with E-state index in [2.05, 4.69) is 4.98 Å². The number of carboxylic acids is 1. The minimum absolute atomic E-state index is 0.245. The van der Waals surface area contributed by atoms with Crippen molar-refractivity contribution in [2.75, 3.05) is 6.79 Å². The van der Waals surface area contributed by atoms with Gasteiger partial charge in [0.25, 0.3) is 0 Å². The van der Waals surface area contributed by atoms with E-state index >= 15 is 0 Å². The van der Waals surface area contributed by atoms with E-state index in [0.29, 0.717) is 6.54 Å². The third-order valence-corrected chi connectivity index (χ3v) is 3.66. The number of carboxylic acid groups (broad SMARTS) is 1. The van der Waals surface area contributed by atoms with Crippen LogP contribution in [0, 0.1) is 0 Å². The molecule has 6 heteroatoms. The highest BCUT2D eigenvalue weighted by molar-refractivity contribution is 5.92. The van der Waals surface area contributed by atoms with E-state index < -0.39 is 5.97 Å². The molecule has 22 heavy (non-hydrogen) atoms. The summed E-state index contributed by atoms with van der Waals surface area (Å²) in [4.78, 5) is 15.4. The summed E-state index contributed by atoms with van der Waals surface area (Å²) in [6.07, 6.45) is 1.71. The molecular formula is C16H12N2O4. The Hall–Kier alpha value is -3.02. The highest BCUT2D eigenvalue weighted by Gasteiger charge is 2.14. The second kappa shape index (κ2) is 4.77. The molecule has 0 bridgehead atoms. The van der Waals surface area contributed by atoms with Gasteiger partial charge in [-0.25, -0.2) is 9.78 Å². The van der Waals surface area contributed by atoms with E-state index in [1.54, 1.807) is 24.5 Å². The summed E-state index contributed by atoms with van der Waals surface area (Å²) in [6.45, 7) is 0.824. The van der Waals surface area contributed by atoms with Gasteiger partial charge in [0.05, 0.1) is 22.9 Å². The number of nitrogens with zero attached hydrogens (tertiary/aromatic N) is 2. The Morgan fingerprint density at radius 2 is 2.05 bits per heavy atom. The van der Waals surface area contributed by atoms with E-state index in [9.17, 15) is 4.79 Å². The Labute approximate surface area is 125 Å². The molecule has 2 aromatic carbocycles. The standard InChI is InChI=1S/C16H12N2O4/c19-16(20)11-2-3-12-13(6-11)18(8-17-12)7-10-1-4-14-15(5-10)22-9-21-14/h1-6,8H,7,9H2,(H,19,20). The molecule has 1 aliphatic rings. The normalized spacial score (nSPS) is 12.7. The van der Waals surface area contributed by atoms with Crippen molar-refractivity contribution in [2.45, 2.75) is 6.54 Å². The third kappa shape index (κ3) is 2.05. The first-order valence-electron chi connectivity index (χ1n) is 6.77. The second-order valence-electron chi connectivity index (χ2n) is 5.07. The molecule has 1 N–H and O–H groups in total. The second-order valence-corrected chi connectivity index (χ2v) is 5.07. The zero-order valence-corrected chi connectivity index (χ0v) is 11.5. The number of rotatable bonds is 3. The average molecular weight is 296 g/mol. The first-order valence-corrected chi connectivity index (χ1v) is 6.77. The number of aromatic nitrogens is 2. The first-order chi connectivity index (χ1) is 10.7. The number of hydrogen-bond acceptors (Lipinski definition) is 4. The lowest BCUT2D eigenvalue weighted by Crippen LogP contribution is -2.00. The number of fused-ring (bicyclic) bond motifs is 2. The molecule has 0 saturated carbocycles. The molecule has 0 amide bonds. The summed E-state index contributed by atoms with van der Waals surface area (Å²) in [5.41, 5.74) is 2.84. The summed E-state index contributed by atoms with van der Waals surface area (Å²) >= 11 is 0. The summed E-state index contributed by atoms with van der Waals surface area (Å²) in [6, 6.07) is 10.7. The van der Waals surface area contributed by atoms with Gasteiger partial charge in [-0.2, -0.15) is 0 Å². The zero-order valence-electron chi connectivity index (χ0n) is 11.5. The van der Waals surface area contributed by atoms with Crippen molar-refractivity contribution in [3.63, 3.8) is 0 Å². The van der Waals surface area contributed by atoms with Crippen LogP contribution in [0.3, 0.4) is 0 Å². The van der Waals surface area contributed by atoms with Crippen LogP contribution in [-0.2, 0) is 6.54 Å². The SMILES string of the molecule is O=C(O)c1ccc2ncn(Cc3ccc4c(c3)OCO4)c2c1. The van der Waals surface area contributed by atoms with E-state index in [1.165, 1.54) is 0 Å². The van der Waals surface area contributed by atoms with Gasteiger partial charge in [-0.1, -0.05) is 6.07 Å². The largest absolute Gasteiger partial charge is 0.478 e. The van der Waals surface area contributed by atoms with Gasteiger partial charge in [-0.15, -0.1) is 0 Å². The van der Waals surface area contributed by atoms with Gasteiger partial charge in [-0.3, -0.25) is 0 Å². The monoisotopic (exact) mass is 296 g/mol. The number of hydrogen-bond donors (Lipinski definition) is 1. The van der Waals surface area contributed by atoms with Gasteiger partial charge in [0, 0.05) is 6.54 Å². The molecule has 0 aliphatic carbocycles. The predicted octanol–water partition coefficient (Wildman–Crippen LogP) is 2.51. The van der Waals surface area contributed by atoms with Crippen LogP contribution in [0.15, 0.2) is 42.7 Å². The van der Waals surface area contributed by atoms with Gasteiger partial charge >= 0.3 is 5.97 Å². The van der Waals surface area contributed by atoms with Gasteiger partial charge in [0.2, 0.25) is 6.79 Å². The van der Waals surface area contributed by atoms with Crippen molar-refractivity contribution in [1.29, 1.82) is 0 Å². The number of ether oxygens (including phenoxy) is 2.